The fourth-order valence-electron chi connectivity index (χ4n) is 3.13. The summed E-state index contributed by atoms with van der Waals surface area (Å²) in [6.45, 7) is 0.337. The minimum Gasteiger partial charge on any atom is -0.488 e. The van der Waals surface area contributed by atoms with E-state index in [1.54, 1.807) is 0 Å². The highest BCUT2D eigenvalue weighted by molar-refractivity contribution is 9.10. The van der Waals surface area contributed by atoms with Crippen molar-refractivity contribution >= 4 is 26.9 Å². The molecular weight excluding hydrogens is 356 g/mol. The Bertz CT molecular complexity index is 943. The van der Waals surface area contributed by atoms with Crippen molar-refractivity contribution in [3.05, 3.63) is 74.0 Å². The number of fused-ring (bicyclic) bond motifs is 2. The molecule has 2 aromatic carbocycles. The molecule has 1 aliphatic rings. The van der Waals surface area contributed by atoms with Gasteiger partial charge in [0.1, 0.15) is 17.9 Å². The molecule has 0 spiro atoms. The number of aryl methyl sites for hydroxylation is 2. The normalized spacial score (nSPS) is 13.3. The maximum atomic E-state index is 11.9. The Hall–Kier alpha value is -2.07. The van der Waals surface area contributed by atoms with Gasteiger partial charge in [0.15, 0.2) is 0 Å². The van der Waals surface area contributed by atoms with Crippen molar-refractivity contribution in [3.63, 3.8) is 0 Å². The van der Waals surface area contributed by atoms with Gasteiger partial charge in [-0.25, -0.2) is 4.79 Å². The smallest absolute Gasteiger partial charge is 0.336 e. The number of hydrogen-bond donors (Lipinski definition) is 0. The fraction of sp³-hybridized carbons (Fsp3) is 0.211. The third kappa shape index (κ3) is 2.79. The Morgan fingerprint density at radius 1 is 1.09 bits per heavy atom. The van der Waals surface area contributed by atoms with E-state index >= 15 is 0 Å². The minimum absolute atomic E-state index is 0.332. The van der Waals surface area contributed by atoms with Crippen molar-refractivity contribution in [2.45, 2.75) is 25.9 Å². The van der Waals surface area contributed by atoms with Crippen molar-refractivity contribution < 1.29 is 9.15 Å². The number of para-hydroxylation sites is 1. The lowest BCUT2D eigenvalue weighted by atomic mass is 10.0. The molecule has 0 fully saturated rings. The highest BCUT2D eigenvalue weighted by Crippen LogP contribution is 2.30. The lowest BCUT2D eigenvalue weighted by Gasteiger charge is -2.10. The number of benzene rings is 2. The molecule has 0 unspecified atom stereocenters. The molecule has 116 valence electrons. The Kier molecular flexibility index (Phi) is 3.69. The average molecular weight is 371 g/mol. The molecule has 1 aromatic heterocycles. The second kappa shape index (κ2) is 5.85. The maximum Gasteiger partial charge on any atom is 0.336 e. The van der Waals surface area contributed by atoms with Gasteiger partial charge in [0.05, 0.1) is 4.47 Å². The molecule has 4 rings (SSSR count). The van der Waals surface area contributed by atoms with Gasteiger partial charge in [-0.1, -0.05) is 12.1 Å². The van der Waals surface area contributed by atoms with Gasteiger partial charge in [-0.15, -0.1) is 0 Å². The van der Waals surface area contributed by atoms with E-state index in [1.807, 2.05) is 30.3 Å². The fourth-order valence-corrected chi connectivity index (χ4v) is 3.53. The summed E-state index contributed by atoms with van der Waals surface area (Å²) in [5, 5.41) is 0.970. The van der Waals surface area contributed by atoms with E-state index in [4.69, 9.17) is 9.15 Å². The van der Waals surface area contributed by atoms with Crippen LogP contribution in [0.2, 0.25) is 0 Å². The van der Waals surface area contributed by atoms with Gasteiger partial charge in [-0.2, -0.15) is 0 Å². The predicted molar refractivity (Wildman–Crippen MR) is 93.0 cm³/mol. The summed E-state index contributed by atoms with van der Waals surface area (Å²) in [6, 6.07) is 13.4. The standard InChI is InChI=1S/C19H15BrO3/c20-16-6-1-2-7-17(16)22-11-14-10-19(21)23-18-9-13-5-3-4-12(13)8-15(14)18/h1-2,6-10H,3-5,11H2. The monoisotopic (exact) mass is 370 g/mol. The quantitative estimate of drug-likeness (QED) is 0.631. The van der Waals surface area contributed by atoms with Gasteiger partial charge in [-0.3, -0.25) is 0 Å². The Labute approximate surface area is 142 Å². The maximum absolute atomic E-state index is 11.9. The number of rotatable bonds is 3. The van der Waals surface area contributed by atoms with Crippen molar-refractivity contribution in [3.8, 4) is 5.75 Å². The van der Waals surface area contributed by atoms with Gasteiger partial charge in [-0.05, 0) is 70.6 Å². The van der Waals surface area contributed by atoms with E-state index in [9.17, 15) is 4.79 Å². The summed E-state index contributed by atoms with van der Waals surface area (Å²) in [5.41, 5.74) is 3.84. The summed E-state index contributed by atoms with van der Waals surface area (Å²) in [7, 11) is 0. The van der Waals surface area contributed by atoms with E-state index < -0.39 is 0 Å². The minimum atomic E-state index is -0.332. The molecule has 0 radical (unpaired) electrons. The Morgan fingerprint density at radius 3 is 2.70 bits per heavy atom. The Balaban J connectivity index is 1.74. The predicted octanol–water partition coefficient (Wildman–Crippen LogP) is 4.62. The van der Waals surface area contributed by atoms with Crippen LogP contribution in [-0.4, -0.2) is 0 Å². The molecule has 0 atom stereocenters. The van der Waals surface area contributed by atoms with E-state index in [0.29, 0.717) is 12.2 Å². The lowest BCUT2D eigenvalue weighted by molar-refractivity contribution is 0.304. The van der Waals surface area contributed by atoms with Crippen LogP contribution >= 0.6 is 15.9 Å². The molecule has 0 aliphatic heterocycles. The van der Waals surface area contributed by atoms with Gasteiger partial charge < -0.3 is 9.15 Å². The molecule has 1 heterocycles. The molecule has 0 saturated heterocycles. The first kappa shape index (κ1) is 14.5. The zero-order valence-corrected chi connectivity index (χ0v) is 14.1. The molecule has 1 aliphatic carbocycles. The van der Waals surface area contributed by atoms with Crippen molar-refractivity contribution in [2.75, 3.05) is 0 Å². The number of halogens is 1. The van der Waals surface area contributed by atoms with Crippen LogP contribution in [0.25, 0.3) is 11.0 Å². The van der Waals surface area contributed by atoms with E-state index in [2.05, 4.69) is 22.0 Å². The summed E-state index contributed by atoms with van der Waals surface area (Å²) < 4.78 is 12.2. The molecule has 4 heteroatoms. The topological polar surface area (TPSA) is 39.4 Å². The third-order valence-electron chi connectivity index (χ3n) is 4.26. The first-order valence-corrected chi connectivity index (χ1v) is 8.46. The zero-order valence-electron chi connectivity index (χ0n) is 12.5. The molecule has 0 saturated carbocycles. The number of hydrogen-bond acceptors (Lipinski definition) is 3. The van der Waals surface area contributed by atoms with Gasteiger partial charge in [0.2, 0.25) is 0 Å². The molecule has 3 aromatic rings. The Morgan fingerprint density at radius 2 is 1.87 bits per heavy atom. The first-order chi connectivity index (χ1) is 11.2. The summed E-state index contributed by atoms with van der Waals surface area (Å²) >= 11 is 3.47. The third-order valence-corrected chi connectivity index (χ3v) is 4.92. The number of ether oxygens (including phenoxy) is 1. The molecule has 0 N–H and O–H groups in total. The second-order valence-electron chi connectivity index (χ2n) is 5.78. The van der Waals surface area contributed by atoms with Crippen molar-refractivity contribution in [2.24, 2.45) is 0 Å². The van der Waals surface area contributed by atoms with Crippen LogP contribution in [0.15, 0.2) is 56.1 Å². The highest BCUT2D eigenvalue weighted by Gasteiger charge is 2.15. The van der Waals surface area contributed by atoms with Crippen LogP contribution in [-0.2, 0) is 19.4 Å². The molecule has 0 amide bonds. The van der Waals surface area contributed by atoms with E-state index in [-0.39, 0.29) is 5.63 Å². The van der Waals surface area contributed by atoms with Gasteiger partial charge in [0, 0.05) is 17.0 Å². The largest absolute Gasteiger partial charge is 0.488 e. The molecule has 3 nitrogen and oxygen atoms in total. The van der Waals surface area contributed by atoms with Crippen molar-refractivity contribution in [1.29, 1.82) is 0 Å². The van der Waals surface area contributed by atoms with Gasteiger partial charge >= 0.3 is 5.63 Å². The first-order valence-electron chi connectivity index (χ1n) is 7.66. The molecule has 23 heavy (non-hydrogen) atoms. The SMILES string of the molecule is O=c1cc(COc2ccccc2Br)c2cc3c(cc2o1)CCC3. The molecule has 0 bridgehead atoms. The van der Waals surface area contributed by atoms with Crippen LogP contribution in [0.5, 0.6) is 5.75 Å². The van der Waals surface area contributed by atoms with Crippen LogP contribution in [0.3, 0.4) is 0 Å². The van der Waals surface area contributed by atoms with Crippen LogP contribution in [0.1, 0.15) is 23.1 Å². The van der Waals surface area contributed by atoms with E-state index in [0.717, 1.165) is 34.0 Å². The summed E-state index contributed by atoms with van der Waals surface area (Å²) in [5.74, 6) is 0.759. The summed E-state index contributed by atoms with van der Waals surface area (Å²) in [6.07, 6.45) is 3.32. The second-order valence-corrected chi connectivity index (χ2v) is 6.63. The van der Waals surface area contributed by atoms with Crippen LogP contribution < -0.4 is 10.4 Å². The molecular formula is C19H15BrO3. The summed E-state index contributed by atoms with van der Waals surface area (Å²) in [4.78, 5) is 11.9. The highest BCUT2D eigenvalue weighted by atomic mass is 79.9. The van der Waals surface area contributed by atoms with Crippen LogP contribution in [0, 0.1) is 0 Å². The average Bonchev–Trinajstić information content (AvgIpc) is 2.99. The van der Waals surface area contributed by atoms with E-state index in [1.165, 1.54) is 23.6 Å². The van der Waals surface area contributed by atoms with Gasteiger partial charge in [0.25, 0.3) is 0 Å². The van der Waals surface area contributed by atoms with Crippen molar-refractivity contribution in [1.82, 2.24) is 0 Å². The zero-order chi connectivity index (χ0) is 15.8. The van der Waals surface area contributed by atoms with Crippen LogP contribution in [0.4, 0.5) is 0 Å². The lowest BCUT2D eigenvalue weighted by Crippen LogP contribution is -2.05.